The summed E-state index contributed by atoms with van der Waals surface area (Å²) in [7, 11) is -0.127. The maximum Gasteiger partial charge on any atom is 0.225 e. The Bertz CT molecular complexity index is 700. The van der Waals surface area contributed by atoms with Crippen LogP contribution in [0.3, 0.4) is 0 Å². The summed E-state index contributed by atoms with van der Waals surface area (Å²) < 4.78 is 43.0. The van der Waals surface area contributed by atoms with E-state index in [1.54, 1.807) is 18.0 Å². The fraction of sp³-hybridized carbons (Fsp3) is 0.562. The standard InChI is InChI=1S/C16H23FN2O4S/c1-18(11-12-4-5-15(23-2)14(17)10-12)16(20)13-6-8-19(9-7-13)24(3,21)22/h4-5,10,13H,6-9,11H2,1-3H3. The van der Waals surface area contributed by atoms with Gasteiger partial charge in [0.25, 0.3) is 0 Å². The van der Waals surface area contributed by atoms with Crippen LogP contribution in [0.5, 0.6) is 5.75 Å². The first kappa shape index (κ1) is 18.7. The molecular weight excluding hydrogens is 335 g/mol. The molecule has 1 aliphatic rings. The monoisotopic (exact) mass is 358 g/mol. The van der Waals surface area contributed by atoms with Crippen LogP contribution in [-0.2, 0) is 21.4 Å². The molecule has 6 nitrogen and oxygen atoms in total. The number of amides is 1. The van der Waals surface area contributed by atoms with Gasteiger partial charge < -0.3 is 9.64 Å². The van der Waals surface area contributed by atoms with Crippen LogP contribution in [0.4, 0.5) is 4.39 Å². The minimum absolute atomic E-state index is 0.0422. The molecule has 0 radical (unpaired) electrons. The number of nitrogens with zero attached hydrogens (tertiary/aromatic N) is 2. The van der Waals surface area contributed by atoms with Crippen LogP contribution in [0.2, 0.25) is 0 Å². The van der Waals surface area contributed by atoms with E-state index in [-0.39, 0.29) is 17.6 Å². The van der Waals surface area contributed by atoms with Crippen molar-refractivity contribution < 1.29 is 22.3 Å². The zero-order valence-corrected chi connectivity index (χ0v) is 15.0. The largest absolute Gasteiger partial charge is 0.494 e. The van der Waals surface area contributed by atoms with Gasteiger partial charge in [0.15, 0.2) is 11.6 Å². The molecule has 0 bridgehead atoms. The van der Waals surface area contributed by atoms with Crippen LogP contribution in [-0.4, -0.2) is 57.0 Å². The molecule has 0 unspecified atom stereocenters. The summed E-state index contributed by atoms with van der Waals surface area (Å²) in [6.45, 7) is 1.02. The van der Waals surface area contributed by atoms with Gasteiger partial charge in [-0.2, -0.15) is 0 Å². The summed E-state index contributed by atoms with van der Waals surface area (Å²) in [5.74, 6) is -0.534. The van der Waals surface area contributed by atoms with Crippen molar-refractivity contribution in [3.8, 4) is 5.75 Å². The second kappa shape index (κ2) is 7.48. The predicted octanol–water partition coefficient (Wildman–Crippen LogP) is 1.46. The predicted molar refractivity (Wildman–Crippen MR) is 88.6 cm³/mol. The van der Waals surface area contributed by atoms with E-state index in [9.17, 15) is 17.6 Å². The Morgan fingerprint density at radius 3 is 2.50 bits per heavy atom. The highest BCUT2D eigenvalue weighted by Gasteiger charge is 2.30. The first-order valence-electron chi connectivity index (χ1n) is 7.75. The van der Waals surface area contributed by atoms with Crippen LogP contribution >= 0.6 is 0 Å². The van der Waals surface area contributed by atoms with E-state index in [1.807, 2.05) is 0 Å². The second-order valence-electron chi connectivity index (χ2n) is 6.10. The van der Waals surface area contributed by atoms with Gasteiger partial charge in [0, 0.05) is 32.6 Å². The molecule has 1 saturated heterocycles. The lowest BCUT2D eigenvalue weighted by molar-refractivity contribution is -0.135. The lowest BCUT2D eigenvalue weighted by Gasteiger charge is -2.31. The fourth-order valence-electron chi connectivity index (χ4n) is 2.91. The van der Waals surface area contributed by atoms with Crippen LogP contribution in [0.1, 0.15) is 18.4 Å². The van der Waals surface area contributed by atoms with Gasteiger partial charge in [0.05, 0.1) is 13.4 Å². The van der Waals surface area contributed by atoms with Crippen molar-refractivity contribution in [3.05, 3.63) is 29.6 Å². The Balaban J connectivity index is 1.94. The number of halogens is 1. The van der Waals surface area contributed by atoms with Crippen molar-refractivity contribution in [2.75, 3.05) is 33.5 Å². The third-order valence-electron chi connectivity index (χ3n) is 4.28. The number of benzene rings is 1. The van der Waals surface area contributed by atoms with Crippen molar-refractivity contribution in [2.45, 2.75) is 19.4 Å². The first-order valence-corrected chi connectivity index (χ1v) is 9.59. The minimum Gasteiger partial charge on any atom is -0.494 e. The van der Waals surface area contributed by atoms with Gasteiger partial charge in [0.2, 0.25) is 15.9 Å². The van der Waals surface area contributed by atoms with Crippen LogP contribution < -0.4 is 4.74 Å². The average molecular weight is 358 g/mol. The Kier molecular flexibility index (Phi) is 5.82. The summed E-state index contributed by atoms with van der Waals surface area (Å²) in [5.41, 5.74) is 0.678. The minimum atomic E-state index is -3.20. The van der Waals surface area contributed by atoms with Crippen LogP contribution in [0.15, 0.2) is 18.2 Å². The molecule has 1 fully saturated rings. The molecule has 1 heterocycles. The SMILES string of the molecule is COc1ccc(CN(C)C(=O)C2CCN(S(C)(=O)=O)CC2)cc1F. The molecule has 0 spiro atoms. The van der Waals surface area contributed by atoms with E-state index in [0.29, 0.717) is 38.0 Å². The number of methoxy groups -OCH3 is 1. The van der Waals surface area contributed by atoms with E-state index < -0.39 is 15.8 Å². The Morgan fingerprint density at radius 2 is 2.00 bits per heavy atom. The van der Waals surface area contributed by atoms with Gasteiger partial charge in [-0.3, -0.25) is 4.79 Å². The molecule has 0 aliphatic carbocycles. The first-order chi connectivity index (χ1) is 11.2. The van der Waals surface area contributed by atoms with Gasteiger partial charge in [-0.1, -0.05) is 6.07 Å². The molecule has 0 saturated carbocycles. The molecule has 24 heavy (non-hydrogen) atoms. The van der Waals surface area contributed by atoms with Crippen molar-refractivity contribution in [3.63, 3.8) is 0 Å². The maximum atomic E-state index is 13.7. The van der Waals surface area contributed by atoms with Crippen molar-refractivity contribution in [1.82, 2.24) is 9.21 Å². The number of hydrogen-bond acceptors (Lipinski definition) is 4. The van der Waals surface area contributed by atoms with Crippen molar-refractivity contribution in [2.24, 2.45) is 5.92 Å². The van der Waals surface area contributed by atoms with Crippen molar-refractivity contribution >= 4 is 15.9 Å². The molecule has 0 atom stereocenters. The van der Waals surface area contributed by atoms with Gasteiger partial charge >= 0.3 is 0 Å². The number of ether oxygens (including phenoxy) is 1. The van der Waals surface area contributed by atoms with E-state index >= 15 is 0 Å². The highest BCUT2D eigenvalue weighted by Crippen LogP contribution is 2.23. The quantitative estimate of drug-likeness (QED) is 0.799. The summed E-state index contributed by atoms with van der Waals surface area (Å²) in [5, 5.41) is 0. The molecule has 1 aromatic carbocycles. The van der Waals surface area contributed by atoms with Gasteiger partial charge in [-0.15, -0.1) is 0 Å². The number of sulfonamides is 1. The normalized spacial score (nSPS) is 16.8. The third-order valence-corrected chi connectivity index (χ3v) is 5.59. The number of rotatable bonds is 5. The summed E-state index contributed by atoms with van der Waals surface area (Å²) >= 11 is 0. The second-order valence-corrected chi connectivity index (χ2v) is 8.08. The molecule has 134 valence electrons. The van der Waals surface area contributed by atoms with Gasteiger partial charge in [0.1, 0.15) is 0 Å². The molecule has 1 aromatic rings. The maximum absolute atomic E-state index is 13.7. The topological polar surface area (TPSA) is 66.9 Å². The Hall–Kier alpha value is -1.67. The number of hydrogen-bond donors (Lipinski definition) is 0. The molecule has 8 heteroatoms. The van der Waals surface area contributed by atoms with E-state index in [2.05, 4.69) is 0 Å². The highest BCUT2D eigenvalue weighted by atomic mass is 32.2. The molecule has 1 aliphatic heterocycles. The molecular formula is C16H23FN2O4S. The van der Waals surface area contributed by atoms with Crippen molar-refractivity contribution in [1.29, 1.82) is 0 Å². The molecule has 2 rings (SSSR count). The molecule has 0 N–H and O–H groups in total. The number of carbonyl (C=O) groups excluding carboxylic acids is 1. The summed E-state index contributed by atoms with van der Waals surface area (Å²) in [6, 6.07) is 4.61. The average Bonchev–Trinajstić information content (AvgIpc) is 2.53. The molecule has 0 aromatic heterocycles. The highest BCUT2D eigenvalue weighted by molar-refractivity contribution is 7.88. The van der Waals surface area contributed by atoms with E-state index in [4.69, 9.17) is 4.74 Å². The smallest absolute Gasteiger partial charge is 0.225 e. The van der Waals surface area contributed by atoms with E-state index in [0.717, 1.165) is 0 Å². The van der Waals surface area contributed by atoms with E-state index in [1.165, 1.54) is 29.8 Å². The zero-order valence-electron chi connectivity index (χ0n) is 14.2. The third kappa shape index (κ3) is 4.45. The van der Waals surface area contributed by atoms with Gasteiger partial charge in [-0.25, -0.2) is 17.1 Å². The lowest BCUT2D eigenvalue weighted by atomic mass is 9.96. The number of piperidine rings is 1. The summed E-state index contributed by atoms with van der Waals surface area (Å²) in [4.78, 5) is 14.1. The number of carbonyl (C=O) groups is 1. The molecule has 1 amide bonds. The Labute approximate surface area is 142 Å². The lowest BCUT2D eigenvalue weighted by Crippen LogP contribution is -2.42. The fourth-order valence-corrected chi connectivity index (χ4v) is 3.78. The Morgan fingerprint density at radius 1 is 1.38 bits per heavy atom. The van der Waals surface area contributed by atoms with Crippen LogP contribution in [0.25, 0.3) is 0 Å². The van der Waals surface area contributed by atoms with Gasteiger partial charge in [-0.05, 0) is 30.5 Å². The summed E-state index contributed by atoms with van der Waals surface area (Å²) in [6.07, 6.45) is 2.19. The van der Waals surface area contributed by atoms with Crippen LogP contribution in [0, 0.1) is 11.7 Å². The zero-order chi connectivity index (χ0) is 17.9.